The summed E-state index contributed by atoms with van der Waals surface area (Å²) in [6, 6.07) is 5.11. The van der Waals surface area contributed by atoms with Crippen molar-refractivity contribution < 1.29 is 13.9 Å². The number of carbonyl (C=O) groups excluding carboxylic acids is 1. The lowest BCUT2D eigenvalue weighted by Crippen LogP contribution is -2.50. The Morgan fingerprint density at radius 1 is 1.29 bits per heavy atom. The Balaban J connectivity index is 1.92. The van der Waals surface area contributed by atoms with Crippen LogP contribution in [0.3, 0.4) is 0 Å². The van der Waals surface area contributed by atoms with Crippen LogP contribution in [0.2, 0.25) is 0 Å². The number of ether oxygens (including phenoxy) is 1. The number of nitrogens with one attached hydrogen (secondary N) is 1. The number of aliphatic imine (C=N–C) groups is 1. The van der Waals surface area contributed by atoms with E-state index in [1.807, 2.05) is 38.7 Å². The van der Waals surface area contributed by atoms with Gasteiger partial charge in [-0.15, -0.1) is 0 Å². The van der Waals surface area contributed by atoms with Crippen LogP contribution in [0.5, 0.6) is 0 Å². The van der Waals surface area contributed by atoms with Crippen LogP contribution in [0.4, 0.5) is 14.9 Å². The van der Waals surface area contributed by atoms with E-state index < -0.39 is 5.60 Å². The fraction of sp³-hybridized carbons (Fsp3) is 0.600. The number of rotatable bonds is 5. The van der Waals surface area contributed by atoms with Gasteiger partial charge in [0, 0.05) is 32.7 Å². The Morgan fingerprint density at radius 3 is 2.54 bits per heavy atom. The van der Waals surface area contributed by atoms with Crippen LogP contribution < -0.4 is 16.0 Å². The Morgan fingerprint density at radius 2 is 1.96 bits per heavy atom. The highest BCUT2D eigenvalue weighted by Crippen LogP contribution is 2.23. The number of piperazine rings is 1. The van der Waals surface area contributed by atoms with E-state index in [0.717, 1.165) is 18.5 Å². The summed E-state index contributed by atoms with van der Waals surface area (Å²) < 4.78 is 20.0. The molecule has 0 saturated carbocycles. The second kappa shape index (κ2) is 9.61. The first-order valence-corrected chi connectivity index (χ1v) is 9.74. The summed E-state index contributed by atoms with van der Waals surface area (Å²) in [7, 11) is 0. The van der Waals surface area contributed by atoms with Gasteiger partial charge in [-0.3, -0.25) is 0 Å². The normalized spacial score (nSPS) is 15.5. The highest BCUT2D eigenvalue weighted by Gasteiger charge is 2.26. The van der Waals surface area contributed by atoms with Gasteiger partial charge in [-0.1, -0.05) is 13.0 Å². The molecule has 3 N–H and O–H groups in total. The molecular weight excluding hydrogens is 361 g/mol. The molecule has 0 bridgehead atoms. The van der Waals surface area contributed by atoms with Gasteiger partial charge in [0.2, 0.25) is 0 Å². The van der Waals surface area contributed by atoms with Gasteiger partial charge in [0.15, 0.2) is 5.96 Å². The van der Waals surface area contributed by atoms with E-state index in [0.29, 0.717) is 44.4 Å². The smallest absolute Gasteiger partial charge is 0.410 e. The molecule has 2 rings (SSSR count). The maximum Gasteiger partial charge on any atom is 0.410 e. The van der Waals surface area contributed by atoms with Crippen molar-refractivity contribution >= 4 is 17.7 Å². The van der Waals surface area contributed by atoms with Crippen molar-refractivity contribution in [2.45, 2.75) is 46.3 Å². The van der Waals surface area contributed by atoms with Gasteiger partial charge >= 0.3 is 6.09 Å². The molecule has 1 amide bonds. The molecule has 28 heavy (non-hydrogen) atoms. The van der Waals surface area contributed by atoms with Gasteiger partial charge in [-0.05, 0) is 44.9 Å². The van der Waals surface area contributed by atoms with E-state index in [4.69, 9.17) is 10.5 Å². The Bertz CT molecular complexity index is 694. The van der Waals surface area contributed by atoms with Gasteiger partial charge in [0.05, 0.1) is 12.2 Å². The second-order valence-corrected chi connectivity index (χ2v) is 7.87. The van der Waals surface area contributed by atoms with E-state index in [1.165, 1.54) is 6.07 Å². The number of guanidine groups is 1. The van der Waals surface area contributed by atoms with E-state index in [2.05, 4.69) is 10.3 Å². The molecular formula is C20H32FN5O2. The minimum absolute atomic E-state index is 0.293. The van der Waals surface area contributed by atoms with Crippen molar-refractivity contribution in [3.05, 3.63) is 29.6 Å². The molecule has 8 heteroatoms. The molecule has 0 spiro atoms. The summed E-state index contributed by atoms with van der Waals surface area (Å²) in [6.45, 7) is 10.8. The first-order valence-electron chi connectivity index (χ1n) is 9.74. The number of benzene rings is 1. The zero-order chi connectivity index (χ0) is 20.7. The predicted octanol–water partition coefficient (Wildman–Crippen LogP) is 2.70. The molecule has 1 heterocycles. The minimum Gasteiger partial charge on any atom is -0.444 e. The lowest BCUT2D eigenvalue weighted by atomic mass is 10.1. The van der Waals surface area contributed by atoms with Crippen LogP contribution in [0.15, 0.2) is 23.2 Å². The van der Waals surface area contributed by atoms with E-state index >= 15 is 0 Å². The van der Waals surface area contributed by atoms with Crippen LogP contribution in [0, 0.1) is 5.82 Å². The third kappa shape index (κ3) is 6.58. The molecule has 0 radical (unpaired) electrons. The standard InChI is InChI=1S/C20H32FN5O2/c1-5-8-23-18(22)24-14-15-6-7-17(16(21)13-15)25-9-11-26(12-10-25)19(27)28-20(2,3)4/h6-7,13H,5,8-12,14H2,1-4H3,(H3,22,23,24). The Kier molecular flexibility index (Phi) is 7.48. The molecule has 1 aromatic carbocycles. The van der Waals surface area contributed by atoms with E-state index in [-0.39, 0.29) is 11.9 Å². The third-order valence-electron chi connectivity index (χ3n) is 4.27. The van der Waals surface area contributed by atoms with Crippen LogP contribution >= 0.6 is 0 Å². The van der Waals surface area contributed by atoms with Crippen LogP contribution in [-0.2, 0) is 11.3 Å². The molecule has 1 aliphatic rings. The monoisotopic (exact) mass is 393 g/mol. The first kappa shape index (κ1) is 21.8. The zero-order valence-corrected chi connectivity index (χ0v) is 17.3. The lowest BCUT2D eigenvalue weighted by Gasteiger charge is -2.36. The summed E-state index contributed by atoms with van der Waals surface area (Å²) in [4.78, 5) is 20.0. The fourth-order valence-corrected chi connectivity index (χ4v) is 2.85. The SMILES string of the molecule is CCCNC(N)=NCc1ccc(N2CCN(C(=O)OC(C)(C)C)CC2)c(F)c1. The largest absolute Gasteiger partial charge is 0.444 e. The maximum absolute atomic E-state index is 14.6. The number of amides is 1. The number of nitrogens with two attached hydrogens (primary N) is 1. The summed E-state index contributed by atoms with van der Waals surface area (Å²) in [5.74, 6) is 0.0723. The lowest BCUT2D eigenvalue weighted by molar-refractivity contribution is 0.0240. The number of carbonyl (C=O) groups is 1. The average molecular weight is 394 g/mol. The molecule has 0 atom stereocenters. The van der Waals surface area contributed by atoms with Crippen LogP contribution in [-0.4, -0.2) is 55.3 Å². The molecule has 156 valence electrons. The minimum atomic E-state index is -0.520. The number of nitrogens with zero attached hydrogens (tertiary/aromatic N) is 3. The van der Waals surface area contributed by atoms with E-state index in [9.17, 15) is 9.18 Å². The number of hydrogen-bond acceptors (Lipinski definition) is 4. The molecule has 1 saturated heterocycles. The third-order valence-corrected chi connectivity index (χ3v) is 4.27. The number of anilines is 1. The summed E-state index contributed by atoms with van der Waals surface area (Å²) in [5.41, 5.74) is 6.54. The molecule has 0 aliphatic carbocycles. The van der Waals surface area contributed by atoms with Crippen LogP contribution in [0.1, 0.15) is 39.7 Å². The van der Waals surface area contributed by atoms with Crippen molar-refractivity contribution in [3.63, 3.8) is 0 Å². The van der Waals surface area contributed by atoms with Gasteiger partial charge in [-0.2, -0.15) is 0 Å². The summed E-state index contributed by atoms with van der Waals surface area (Å²) >= 11 is 0. The van der Waals surface area contributed by atoms with Crippen molar-refractivity contribution in [2.75, 3.05) is 37.6 Å². The zero-order valence-electron chi connectivity index (χ0n) is 17.3. The first-order chi connectivity index (χ1) is 13.2. The fourth-order valence-electron chi connectivity index (χ4n) is 2.85. The van der Waals surface area contributed by atoms with Crippen molar-refractivity contribution in [3.8, 4) is 0 Å². The van der Waals surface area contributed by atoms with Gasteiger partial charge in [0.25, 0.3) is 0 Å². The van der Waals surface area contributed by atoms with Crippen molar-refractivity contribution in [2.24, 2.45) is 10.7 Å². The number of halogens is 1. The Hall–Kier alpha value is -2.51. The number of hydrogen-bond donors (Lipinski definition) is 2. The molecule has 1 aliphatic heterocycles. The van der Waals surface area contributed by atoms with Gasteiger partial charge < -0.3 is 25.6 Å². The topological polar surface area (TPSA) is 83.2 Å². The summed E-state index contributed by atoms with van der Waals surface area (Å²) in [6.07, 6.45) is 0.635. The van der Waals surface area contributed by atoms with Crippen molar-refractivity contribution in [1.29, 1.82) is 0 Å². The highest BCUT2D eigenvalue weighted by molar-refractivity contribution is 5.77. The molecule has 1 aromatic rings. The molecule has 1 fully saturated rings. The molecule has 0 unspecified atom stereocenters. The summed E-state index contributed by atoms with van der Waals surface area (Å²) in [5, 5.41) is 2.99. The molecule has 7 nitrogen and oxygen atoms in total. The predicted molar refractivity (Wildman–Crippen MR) is 110 cm³/mol. The van der Waals surface area contributed by atoms with Crippen molar-refractivity contribution in [1.82, 2.24) is 10.2 Å². The van der Waals surface area contributed by atoms with Gasteiger partial charge in [-0.25, -0.2) is 14.2 Å². The van der Waals surface area contributed by atoms with E-state index in [1.54, 1.807) is 11.0 Å². The Labute approximate surface area is 166 Å². The second-order valence-electron chi connectivity index (χ2n) is 7.87. The van der Waals surface area contributed by atoms with Gasteiger partial charge in [0.1, 0.15) is 11.4 Å². The average Bonchev–Trinajstić information content (AvgIpc) is 2.63. The van der Waals surface area contributed by atoms with Crippen LogP contribution in [0.25, 0.3) is 0 Å². The molecule has 0 aromatic heterocycles. The quantitative estimate of drug-likeness (QED) is 0.594. The highest BCUT2D eigenvalue weighted by atomic mass is 19.1. The maximum atomic E-state index is 14.6.